The number of hydrogen-bond acceptors (Lipinski definition) is 5. The van der Waals surface area contributed by atoms with E-state index in [0.717, 1.165) is 33.9 Å². The molecule has 0 aliphatic carbocycles. The van der Waals surface area contributed by atoms with Crippen LogP contribution < -0.4 is 16.0 Å². The van der Waals surface area contributed by atoms with E-state index >= 15 is 0 Å². The molecular formula is C26H25N5O. The average molecular weight is 424 g/mol. The number of carbonyl (C=O) groups is 1. The molecule has 0 unspecified atom stereocenters. The molecule has 0 saturated carbocycles. The lowest BCUT2D eigenvalue weighted by Crippen LogP contribution is -2.13. The molecule has 1 heterocycles. The van der Waals surface area contributed by atoms with Crippen LogP contribution in [0.25, 0.3) is 0 Å². The molecule has 1 amide bonds. The Labute approximate surface area is 187 Å². The molecule has 0 aliphatic rings. The van der Waals surface area contributed by atoms with Gasteiger partial charge in [0.05, 0.1) is 0 Å². The van der Waals surface area contributed by atoms with Crippen LogP contribution in [0.5, 0.6) is 0 Å². The smallest absolute Gasteiger partial charge is 0.255 e. The Balaban J connectivity index is 1.44. The van der Waals surface area contributed by atoms with Gasteiger partial charge in [0.2, 0.25) is 5.95 Å². The minimum Gasteiger partial charge on any atom is -0.340 e. The first kappa shape index (κ1) is 21.1. The van der Waals surface area contributed by atoms with Gasteiger partial charge in [-0.15, -0.1) is 0 Å². The molecule has 1 aromatic heterocycles. The number of nitrogens with one attached hydrogen (secondary N) is 3. The first-order valence-corrected chi connectivity index (χ1v) is 10.4. The number of para-hydroxylation sites is 1. The van der Waals surface area contributed by atoms with Crippen LogP contribution in [-0.4, -0.2) is 15.9 Å². The second-order valence-electron chi connectivity index (χ2n) is 7.68. The molecule has 0 radical (unpaired) electrons. The highest BCUT2D eigenvalue weighted by Gasteiger charge is 2.10. The molecule has 4 rings (SSSR count). The fourth-order valence-corrected chi connectivity index (χ4v) is 3.30. The Morgan fingerprint density at radius 2 is 1.41 bits per heavy atom. The first-order chi connectivity index (χ1) is 15.5. The zero-order chi connectivity index (χ0) is 22.5. The molecule has 0 aliphatic heterocycles. The highest BCUT2D eigenvalue weighted by Crippen LogP contribution is 2.21. The van der Waals surface area contributed by atoms with Crippen molar-refractivity contribution in [2.75, 3.05) is 16.0 Å². The lowest BCUT2D eigenvalue weighted by atomic mass is 10.1. The van der Waals surface area contributed by atoms with Crippen LogP contribution in [0.4, 0.5) is 28.8 Å². The number of rotatable bonds is 6. The van der Waals surface area contributed by atoms with Crippen LogP contribution in [0.2, 0.25) is 0 Å². The van der Waals surface area contributed by atoms with Gasteiger partial charge in [-0.05, 0) is 68.8 Å². The molecule has 0 bridgehead atoms. The highest BCUT2D eigenvalue weighted by atomic mass is 16.1. The van der Waals surface area contributed by atoms with Crippen LogP contribution >= 0.6 is 0 Å². The Bertz CT molecular complexity index is 1240. The maximum Gasteiger partial charge on any atom is 0.255 e. The predicted molar refractivity (Wildman–Crippen MR) is 130 cm³/mol. The van der Waals surface area contributed by atoms with Gasteiger partial charge >= 0.3 is 0 Å². The molecule has 3 aromatic carbocycles. The molecule has 0 atom stereocenters. The number of aromatic nitrogens is 2. The van der Waals surface area contributed by atoms with E-state index in [4.69, 9.17) is 0 Å². The van der Waals surface area contributed by atoms with E-state index in [1.165, 1.54) is 0 Å². The second kappa shape index (κ2) is 9.31. The topological polar surface area (TPSA) is 78.9 Å². The SMILES string of the molecule is Cc1ccc(C)c(C(=O)Nc2ccc(Nc3nc(C)cc(Nc4ccccc4)n3)cc2)c1. The molecule has 6 nitrogen and oxygen atoms in total. The van der Waals surface area contributed by atoms with Crippen LogP contribution in [0.15, 0.2) is 78.9 Å². The Morgan fingerprint density at radius 1 is 0.719 bits per heavy atom. The molecule has 6 heteroatoms. The molecule has 0 fully saturated rings. The van der Waals surface area contributed by atoms with Gasteiger partial charge in [-0.1, -0.05) is 35.9 Å². The van der Waals surface area contributed by atoms with Gasteiger partial charge in [-0.25, -0.2) is 4.98 Å². The van der Waals surface area contributed by atoms with Crippen molar-refractivity contribution in [3.8, 4) is 0 Å². The number of nitrogens with zero attached hydrogens (tertiary/aromatic N) is 2. The summed E-state index contributed by atoms with van der Waals surface area (Å²) in [5, 5.41) is 9.47. The maximum absolute atomic E-state index is 12.6. The standard InChI is InChI=1S/C26H25N5O/c1-17-9-10-18(2)23(15-17)25(32)29-21-11-13-22(14-12-21)30-26-27-19(3)16-24(31-26)28-20-7-5-4-6-8-20/h4-16H,1-3H3,(H,29,32)(H2,27,28,30,31). The molecule has 0 saturated heterocycles. The summed E-state index contributed by atoms with van der Waals surface area (Å²) in [7, 11) is 0. The minimum absolute atomic E-state index is 0.120. The summed E-state index contributed by atoms with van der Waals surface area (Å²) in [6, 6.07) is 25.1. The third-order valence-corrected chi connectivity index (χ3v) is 4.94. The van der Waals surface area contributed by atoms with Gasteiger partial charge < -0.3 is 16.0 Å². The largest absolute Gasteiger partial charge is 0.340 e. The van der Waals surface area contributed by atoms with Crippen molar-refractivity contribution in [1.29, 1.82) is 0 Å². The van der Waals surface area contributed by atoms with Crippen molar-refractivity contribution in [1.82, 2.24) is 9.97 Å². The van der Waals surface area contributed by atoms with Crippen LogP contribution in [0.1, 0.15) is 27.2 Å². The van der Waals surface area contributed by atoms with E-state index in [1.54, 1.807) is 0 Å². The molecule has 32 heavy (non-hydrogen) atoms. The first-order valence-electron chi connectivity index (χ1n) is 10.4. The zero-order valence-electron chi connectivity index (χ0n) is 18.3. The fraction of sp³-hybridized carbons (Fsp3) is 0.115. The second-order valence-corrected chi connectivity index (χ2v) is 7.68. The number of benzene rings is 3. The van der Waals surface area contributed by atoms with E-state index < -0.39 is 0 Å². The Hall–Kier alpha value is -4.19. The third-order valence-electron chi connectivity index (χ3n) is 4.94. The summed E-state index contributed by atoms with van der Waals surface area (Å²) in [5.74, 6) is 1.09. The summed E-state index contributed by atoms with van der Waals surface area (Å²) in [6.45, 7) is 5.84. The summed E-state index contributed by atoms with van der Waals surface area (Å²) >= 11 is 0. The van der Waals surface area contributed by atoms with E-state index in [1.807, 2.05) is 99.6 Å². The lowest BCUT2D eigenvalue weighted by molar-refractivity contribution is 0.102. The molecule has 4 aromatic rings. The monoisotopic (exact) mass is 423 g/mol. The summed E-state index contributed by atoms with van der Waals surface area (Å²) < 4.78 is 0. The van der Waals surface area contributed by atoms with Gasteiger partial charge in [0.15, 0.2) is 0 Å². The van der Waals surface area contributed by atoms with Crippen molar-refractivity contribution in [3.63, 3.8) is 0 Å². The normalized spacial score (nSPS) is 10.5. The zero-order valence-corrected chi connectivity index (χ0v) is 18.3. The minimum atomic E-state index is -0.120. The van der Waals surface area contributed by atoms with E-state index in [2.05, 4.69) is 25.9 Å². The maximum atomic E-state index is 12.6. The molecule has 3 N–H and O–H groups in total. The molecule has 0 spiro atoms. The third kappa shape index (κ3) is 5.29. The Morgan fingerprint density at radius 3 is 2.16 bits per heavy atom. The van der Waals surface area contributed by atoms with Crippen molar-refractivity contribution in [3.05, 3.63) is 101 Å². The number of anilines is 5. The molecular weight excluding hydrogens is 398 g/mol. The lowest BCUT2D eigenvalue weighted by Gasteiger charge is -2.11. The summed E-state index contributed by atoms with van der Waals surface area (Å²) in [5.41, 5.74) is 6.03. The highest BCUT2D eigenvalue weighted by molar-refractivity contribution is 6.05. The number of aryl methyl sites for hydroxylation is 3. The van der Waals surface area contributed by atoms with Crippen molar-refractivity contribution >= 4 is 34.7 Å². The van der Waals surface area contributed by atoms with Gasteiger partial charge in [0.1, 0.15) is 5.82 Å². The summed E-state index contributed by atoms with van der Waals surface area (Å²) in [6.07, 6.45) is 0. The number of hydrogen-bond donors (Lipinski definition) is 3. The van der Waals surface area contributed by atoms with Gasteiger partial charge in [0, 0.05) is 34.4 Å². The van der Waals surface area contributed by atoms with E-state index in [-0.39, 0.29) is 5.91 Å². The van der Waals surface area contributed by atoms with Crippen LogP contribution in [0.3, 0.4) is 0 Å². The number of amides is 1. The predicted octanol–water partition coefficient (Wildman–Crippen LogP) is 6.14. The van der Waals surface area contributed by atoms with Crippen molar-refractivity contribution in [2.24, 2.45) is 0 Å². The van der Waals surface area contributed by atoms with Crippen molar-refractivity contribution in [2.45, 2.75) is 20.8 Å². The van der Waals surface area contributed by atoms with Gasteiger partial charge in [-0.3, -0.25) is 4.79 Å². The number of carbonyl (C=O) groups excluding carboxylic acids is 1. The summed E-state index contributed by atoms with van der Waals surface area (Å²) in [4.78, 5) is 21.7. The van der Waals surface area contributed by atoms with Crippen molar-refractivity contribution < 1.29 is 4.79 Å². The Kier molecular flexibility index (Phi) is 6.12. The van der Waals surface area contributed by atoms with Crippen LogP contribution in [0, 0.1) is 20.8 Å². The van der Waals surface area contributed by atoms with E-state index in [9.17, 15) is 4.79 Å². The quantitative estimate of drug-likeness (QED) is 0.347. The average Bonchev–Trinajstić information content (AvgIpc) is 2.77. The van der Waals surface area contributed by atoms with E-state index in [0.29, 0.717) is 17.3 Å². The van der Waals surface area contributed by atoms with Gasteiger partial charge in [-0.2, -0.15) is 4.98 Å². The van der Waals surface area contributed by atoms with Crippen LogP contribution in [-0.2, 0) is 0 Å². The van der Waals surface area contributed by atoms with Gasteiger partial charge in [0.25, 0.3) is 5.91 Å². The fourth-order valence-electron chi connectivity index (χ4n) is 3.30. The molecule has 160 valence electrons.